The molecule has 1 fully saturated rings. The van der Waals surface area contributed by atoms with Gasteiger partial charge in [-0.15, -0.1) is 0 Å². The highest BCUT2D eigenvalue weighted by atomic mass is 19.4. The Bertz CT molecular complexity index is 746. The number of nitrogens with zero attached hydrogens (tertiary/aromatic N) is 1. The van der Waals surface area contributed by atoms with Crippen LogP contribution in [0.5, 0.6) is 5.75 Å². The number of carbonyl (C=O) groups is 2. The molecule has 0 radical (unpaired) electrons. The smallest absolute Gasteiger partial charge is 0.391 e. The van der Waals surface area contributed by atoms with Crippen LogP contribution in [0.25, 0.3) is 0 Å². The van der Waals surface area contributed by atoms with Gasteiger partial charge in [0.05, 0.1) is 25.0 Å². The minimum atomic E-state index is -4.13. The minimum Gasteiger partial charge on any atom is -0.490 e. The second-order valence-corrected chi connectivity index (χ2v) is 7.54. The van der Waals surface area contributed by atoms with E-state index < -0.39 is 18.1 Å². The molecule has 29 heavy (non-hydrogen) atoms. The summed E-state index contributed by atoms with van der Waals surface area (Å²) in [6.45, 7) is 0.827. The van der Waals surface area contributed by atoms with Gasteiger partial charge in [0, 0.05) is 18.8 Å². The summed E-state index contributed by atoms with van der Waals surface area (Å²) >= 11 is 0. The Balaban J connectivity index is 1.52. The number of halogens is 3. The fourth-order valence-corrected chi connectivity index (χ4v) is 3.90. The van der Waals surface area contributed by atoms with Gasteiger partial charge in [-0.05, 0) is 55.9 Å². The molecule has 0 spiro atoms. The van der Waals surface area contributed by atoms with Crippen molar-refractivity contribution < 1.29 is 32.6 Å². The number of aliphatic carboxylic acids is 1. The van der Waals surface area contributed by atoms with E-state index in [1.54, 1.807) is 17.0 Å². The molecule has 0 saturated heterocycles. The van der Waals surface area contributed by atoms with Gasteiger partial charge in [-0.25, -0.2) is 0 Å². The van der Waals surface area contributed by atoms with E-state index in [-0.39, 0.29) is 44.4 Å². The topological polar surface area (TPSA) is 78.9 Å². The number of hydrogen-bond donors (Lipinski definition) is 2. The summed E-state index contributed by atoms with van der Waals surface area (Å²) in [5.74, 6) is -1.66. The molecule has 3 rings (SSSR count). The first-order valence-electron chi connectivity index (χ1n) is 9.83. The first kappa shape index (κ1) is 21.4. The first-order chi connectivity index (χ1) is 13.7. The molecule has 9 heteroatoms. The molecule has 1 amide bonds. The van der Waals surface area contributed by atoms with Crippen molar-refractivity contribution in [1.29, 1.82) is 0 Å². The molecular weight excluding hydrogens is 389 g/mol. The van der Waals surface area contributed by atoms with Crippen molar-refractivity contribution >= 4 is 17.6 Å². The molecule has 160 valence electrons. The second kappa shape index (κ2) is 9.02. The number of rotatable bonds is 7. The van der Waals surface area contributed by atoms with E-state index in [2.05, 4.69) is 5.32 Å². The fourth-order valence-electron chi connectivity index (χ4n) is 3.90. The third kappa shape index (κ3) is 5.62. The van der Waals surface area contributed by atoms with E-state index in [1.165, 1.54) is 0 Å². The highest BCUT2D eigenvalue weighted by Gasteiger charge is 2.41. The van der Waals surface area contributed by atoms with Crippen LogP contribution < -0.4 is 15.0 Å². The van der Waals surface area contributed by atoms with Crippen LogP contribution in [0.2, 0.25) is 0 Å². The summed E-state index contributed by atoms with van der Waals surface area (Å²) in [6.07, 6.45) is -2.76. The number of amides is 1. The number of carbonyl (C=O) groups excluding carboxylic acids is 1. The molecule has 1 aromatic carbocycles. The fraction of sp³-hybridized carbons (Fsp3) is 0.600. The molecule has 0 atom stereocenters. The molecule has 0 bridgehead atoms. The Hall–Kier alpha value is -2.29. The standard InChI is InChI=1S/C20H25F3N2O4/c21-20(22,23)14-1-3-15(4-2-14)29-16-5-6-17-13(11-16)8-10-25(17)18(26)12-24-9-7-19(27)28/h5-6,11,14-15,24H,1-4,7-10,12H2,(H,27,28)/t14-,15-. The third-order valence-electron chi connectivity index (χ3n) is 5.48. The van der Waals surface area contributed by atoms with E-state index in [1.807, 2.05) is 6.07 Å². The first-order valence-corrected chi connectivity index (χ1v) is 9.83. The molecule has 1 heterocycles. The molecule has 1 saturated carbocycles. The van der Waals surface area contributed by atoms with E-state index in [9.17, 15) is 22.8 Å². The van der Waals surface area contributed by atoms with Crippen molar-refractivity contribution in [2.24, 2.45) is 5.92 Å². The predicted octanol–water partition coefficient (Wildman–Crippen LogP) is 3.14. The van der Waals surface area contributed by atoms with E-state index in [0.717, 1.165) is 11.3 Å². The summed E-state index contributed by atoms with van der Waals surface area (Å²) in [6, 6.07) is 5.41. The lowest BCUT2D eigenvalue weighted by molar-refractivity contribution is -0.185. The van der Waals surface area contributed by atoms with Crippen LogP contribution in [0, 0.1) is 5.92 Å². The predicted molar refractivity (Wildman–Crippen MR) is 100 cm³/mol. The zero-order valence-electron chi connectivity index (χ0n) is 16.0. The van der Waals surface area contributed by atoms with Gasteiger partial charge in [0.15, 0.2) is 0 Å². The zero-order chi connectivity index (χ0) is 21.0. The molecule has 2 aliphatic rings. The molecule has 0 aromatic heterocycles. The van der Waals surface area contributed by atoms with E-state index in [0.29, 0.717) is 31.6 Å². The number of anilines is 1. The zero-order valence-corrected chi connectivity index (χ0v) is 16.0. The summed E-state index contributed by atoms with van der Waals surface area (Å²) in [7, 11) is 0. The largest absolute Gasteiger partial charge is 0.490 e. The summed E-state index contributed by atoms with van der Waals surface area (Å²) in [5.41, 5.74) is 1.76. The average Bonchev–Trinajstić information content (AvgIpc) is 3.08. The third-order valence-corrected chi connectivity index (χ3v) is 5.48. The number of nitrogens with one attached hydrogen (secondary N) is 1. The molecule has 0 unspecified atom stereocenters. The second-order valence-electron chi connectivity index (χ2n) is 7.54. The average molecular weight is 414 g/mol. The summed E-state index contributed by atoms with van der Waals surface area (Å²) in [4.78, 5) is 24.5. The molecule has 1 aliphatic heterocycles. The van der Waals surface area contributed by atoms with Gasteiger partial charge >= 0.3 is 12.1 Å². The van der Waals surface area contributed by atoms with E-state index >= 15 is 0 Å². The maximum absolute atomic E-state index is 12.8. The van der Waals surface area contributed by atoms with Crippen LogP contribution >= 0.6 is 0 Å². The van der Waals surface area contributed by atoms with Gasteiger partial charge in [-0.2, -0.15) is 13.2 Å². The molecular formula is C20H25F3N2O4. The van der Waals surface area contributed by atoms with Crippen LogP contribution in [0.4, 0.5) is 18.9 Å². The van der Waals surface area contributed by atoms with Gasteiger partial charge in [-0.1, -0.05) is 0 Å². The lowest BCUT2D eigenvalue weighted by Gasteiger charge is -2.30. The van der Waals surface area contributed by atoms with Crippen LogP contribution in [0.15, 0.2) is 18.2 Å². The number of carboxylic acids is 1. The Labute approximate surface area is 167 Å². The summed E-state index contributed by atoms with van der Waals surface area (Å²) in [5, 5.41) is 11.4. The SMILES string of the molecule is O=C(O)CCNCC(=O)N1CCc2cc(O[C@H]3CC[C@H](C(F)(F)F)CC3)ccc21. The van der Waals surface area contributed by atoms with Gasteiger partial charge in [0.25, 0.3) is 0 Å². The maximum Gasteiger partial charge on any atom is 0.391 e. The Morgan fingerprint density at radius 1 is 1.21 bits per heavy atom. The summed E-state index contributed by atoms with van der Waals surface area (Å²) < 4.78 is 44.2. The molecule has 6 nitrogen and oxygen atoms in total. The number of ether oxygens (including phenoxy) is 1. The number of fused-ring (bicyclic) bond motifs is 1. The monoisotopic (exact) mass is 414 g/mol. The Morgan fingerprint density at radius 3 is 2.59 bits per heavy atom. The van der Waals surface area contributed by atoms with Crippen LogP contribution in [-0.4, -0.2) is 48.9 Å². The quantitative estimate of drug-likeness (QED) is 0.671. The minimum absolute atomic E-state index is 0.0462. The molecule has 1 aliphatic carbocycles. The van der Waals surface area contributed by atoms with Crippen LogP contribution in [0.1, 0.15) is 37.7 Å². The lowest BCUT2D eigenvalue weighted by atomic mass is 9.87. The highest BCUT2D eigenvalue weighted by Crippen LogP contribution is 2.39. The van der Waals surface area contributed by atoms with Crippen molar-refractivity contribution in [1.82, 2.24) is 5.32 Å². The molecule has 2 N–H and O–H groups in total. The van der Waals surface area contributed by atoms with Crippen LogP contribution in [0.3, 0.4) is 0 Å². The van der Waals surface area contributed by atoms with E-state index in [4.69, 9.17) is 9.84 Å². The Kier molecular flexibility index (Phi) is 6.66. The lowest BCUT2D eigenvalue weighted by Crippen LogP contribution is -2.37. The van der Waals surface area contributed by atoms with Crippen molar-refractivity contribution in [3.8, 4) is 5.75 Å². The van der Waals surface area contributed by atoms with Crippen molar-refractivity contribution in [2.75, 3.05) is 24.5 Å². The highest BCUT2D eigenvalue weighted by molar-refractivity contribution is 5.96. The van der Waals surface area contributed by atoms with Gasteiger partial charge in [0.1, 0.15) is 5.75 Å². The number of alkyl halides is 3. The van der Waals surface area contributed by atoms with Gasteiger partial charge in [-0.3, -0.25) is 9.59 Å². The van der Waals surface area contributed by atoms with Crippen molar-refractivity contribution in [3.63, 3.8) is 0 Å². The number of carboxylic acid groups (broad SMARTS) is 1. The normalized spacial score (nSPS) is 21.7. The van der Waals surface area contributed by atoms with Gasteiger partial charge in [0.2, 0.25) is 5.91 Å². The van der Waals surface area contributed by atoms with Gasteiger partial charge < -0.3 is 20.1 Å². The van der Waals surface area contributed by atoms with Crippen LogP contribution in [-0.2, 0) is 16.0 Å². The van der Waals surface area contributed by atoms with Crippen molar-refractivity contribution in [3.05, 3.63) is 23.8 Å². The molecule has 1 aromatic rings. The number of benzene rings is 1. The van der Waals surface area contributed by atoms with Crippen molar-refractivity contribution in [2.45, 2.75) is 50.8 Å². The Morgan fingerprint density at radius 2 is 1.93 bits per heavy atom. The maximum atomic E-state index is 12.8. The number of hydrogen-bond acceptors (Lipinski definition) is 4.